The molecule has 10 aliphatic rings. The number of rotatable bonds is 20. The van der Waals surface area contributed by atoms with E-state index in [4.69, 9.17) is 15.0 Å². The number of aromatic nitrogens is 9. The monoisotopic (exact) mass is 1910 g/mol. The Kier molecular flexibility index (Phi) is 30.7. The Morgan fingerprint density at radius 2 is 0.528 bits per heavy atom. The average Bonchev–Trinajstić information content (AvgIpc) is 1.38. The van der Waals surface area contributed by atoms with Gasteiger partial charge in [-0.1, -0.05) is 179 Å². The van der Waals surface area contributed by atoms with Gasteiger partial charge >= 0.3 is 0 Å². The van der Waals surface area contributed by atoms with Crippen molar-refractivity contribution in [3.8, 4) is 45.6 Å². The second-order valence-electron chi connectivity index (χ2n) is 42.5. The highest BCUT2D eigenvalue weighted by Gasteiger charge is 2.49. The topological polar surface area (TPSA) is 360 Å². The van der Waals surface area contributed by atoms with Gasteiger partial charge in [0.2, 0.25) is 0 Å². The third kappa shape index (κ3) is 23.8. The second-order valence-corrected chi connectivity index (χ2v) is 42.5. The quantitative estimate of drug-likeness (QED) is 0.0316. The Morgan fingerprint density at radius 3 is 0.817 bits per heavy atom. The number of fused-ring (bicyclic) bond motifs is 4. The zero-order chi connectivity index (χ0) is 97.9. The van der Waals surface area contributed by atoms with Crippen LogP contribution in [0.2, 0.25) is 0 Å². The highest BCUT2D eigenvalue weighted by molar-refractivity contribution is 6.05. The van der Waals surface area contributed by atoms with Gasteiger partial charge in [-0.25, -0.2) is 24.9 Å². The summed E-state index contributed by atoms with van der Waals surface area (Å²) in [5.74, 6) is 8.32. The van der Waals surface area contributed by atoms with Crippen molar-refractivity contribution in [1.82, 2.24) is 82.1 Å². The number of nitrogens with zero attached hydrogens (tertiary/aromatic N) is 5. The summed E-state index contributed by atoms with van der Waals surface area (Å²) in [6, 6.07) is 58.1. The molecule has 25 heteroatoms. The average molecular weight is 1910 g/mol. The van der Waals surface area contributed by atoms with Crippen LogP contribution in [0.4, 0.5) is 5.82 Å². The number of benzene rings is 8. The summed E-state index contributed by atoms with van der Waals surface area (Å²) in [6.07, 6.45) is 39.8. The third-order valence-corrected chi connectivity index (χ3v) is 32.2. The minimum absolute atomic E-state index is 0.00371. The van der Waals surface area contributed by atoms with E-state index >= 15 is 0 Å². The third-order valence-electron chi connectivity index (χ3n) is 32.2. The Hall–Kier alpha value is -13.5. The molecule has 12 N–H and O–H groups in total. The van der Waals surface area contributed by atoms with E-state index in [0.717, 1.165) is 159 Å². The van der Waals surface area contributed by atoms with E-state index in [2.05, 4.69) is 100 Å². The first-order chi connectivity index (χ1) is 69.1. The lowest BCUT2D eigenvalue weighted by Crippen LogP contribution is -2.55. The second kappa shape index (κ2) is 44.8. The molecule has 13 aromatic rings. The lowest BCUT2D eigenvalue weighted by atomic mass is 9.54. The van der Waals surface area contributed by atoms with Gasteiger partial charge in [-0.05, 0) is 296 Å². The van der Waals surface area contributed by atoms with Crippen molar-refractivity contribution in [2.75, 3.05) is 5.32 Å². The molecule has 25 nitrogen and oxygen atoms in total. The largest absolute Gasteiger partial charge is 0.349 e. The zero-order valence-corrected chi connectivity index (χ0v) is 82.7. The first-order valence-electron chi connectivity index (χ1n) is 52.9. The Balaban J connectivity index is 0.000000120. The summed E-state index contributed by atoms with van der Waals surface area (Å²) in [7, 11) is 0. The maximum Gasteiger partial charge on any atom is 0.256 e. The molecule has 10 fully saturated rings. The number of nitrogens with one attached hydrogen (secondary N) is 12. The van der Waals surface area contributed by atoms with Gasteiger partial charge in [0.05, 0.1) is 44.1 Å². The van der Waals surface area contributed by atoms with Crippen molar-refractivity contribution >= 4 is 97.2 Å². The molecule has 10 aliphatic carbocycles. The van der Waals surface area contributed by atoms with Crippen LogP contribution in [0.3, 0.4) is 0 Å². The molecule has 0 aliphatic heterocycles. The summed E-state index contributed by atoms with van der Waals surface area (Å²) in [5.41, 5.74) is 16.3. The van der Waals surface area contributed by atoms with E-state index in [-0.39, 0.29) is 77.5 Å². The smallest absolute Gasteiger partial charge is 0.256 e. The van der Waals surface area contributed by atoms with Crippen molar-refractivity contribution in [2.24, 2.45) is 47.3 Å². The van der Waals surface area contributed by atoms with Crippen LogP contribution in [0.15, 0.2) is 188 Å². The number of anilines is 1. The summed E-state index contributed by atoms with van der Waals surface area (Å²) in [4.78, 5) is 139. The zero-order valence-electron chi connectivity index (χ0n) is 82.7. The SMILES string of the molecule is CC1CCCCC1NC(=O)c1ccc2nc(-c3ccc(C(=O)NC4C5CC6CC(C5)CC4C6)cc3)[nH]c2c1.CC1CCCCC1NC(=O)c1ccc2nc(-c3ccc(C(=O)NC4CCCCC4)cc3)[nH]c2c1.CC1CCCCC1NC(=O)c1ccc2nc(-c3ccc(C(=O)NC4CCCCCC4)cc3)[nH]c2c1.Cc1ccc(NC(=O)c2ccc(-c3nc4ccc(C(=O)NC5CCCCC5C)cc4[nH]3)cc2)nc1. The molecule has 8 atom stereocenters. The number of carbonyl (C=O) groups is 8. The van der Waals surface area contributed by atoms with Crippen LogP contribution >= 0.6 is 0 Å². The lowest BCUT2D eigenvalue weighted by molar-refractivity contribution is -0.0119. The van der Waals surface area contributed by atoms with Gasteiger partial charge in [-0.2, -0.15) is 0 Å². The molecule has 0 spiro atoms. The molecule has 8 aromatic carbocycles. The number of aryl methyl sites for hydroxylation is 1. The van der Waals surface area contributed by atoms with Gasteiger partial charge in [0, 0.05) is 115 Å². The minimum Gasteiger partial charge on any atom is -0.349 e. The van der Waals surface area contributed by atoms with E-state index < -0.39 is 0 Å². The first kappa shape index (κ1) is 97.4. The van der Waals surface area contributed by atoms with Gasteiger partial charge < -0.3 is 62.5 Å². The Bertz CT molecular complexity index is 6620. The number of hydrogen-bond donors (Lipinski definition) is 12. The van der Waals surface area contributed by atoms with E-state index in [1.807, 2.05) is 171 Å². The number of amides is 8. The van der Waals surface area contributed by atoms with Crippen LogP contribution in [0.25, 0.3) is 89.7 Å². The van der Waals surface area contributed by atoms with Crippen LogP contribution < -0.4 is 42.5 Å². The van der Waals surface area contributed by atoms with Crippen LogP contribution in [-0.2, 0) is 0 Å². The summed E-state index contributed by atoms with van der Waals surface area (Å²) < 4.78 is 0. The highest BCUT2D eigenvalue weighted by Crippen LogP contribution is 2.54. The van der Waals surface area contributed by atoms with Gasteiger partial charge in [0.15, 0.2) is 0 Å². The molecule has 8 amide bonds. The predicted octanol–water partition coefficient (Wildman–Crippen LogP) is 23.2. The standard InChI is InChI=1S/C32H38N4O2.C29H36N4O2.C28H29N5O2.C28H34N4O2/c1-18-4-2-3-5-26(18)35-32(38)23-10-11-27-28(17-23)34-30(33-27)21-6-8-22(9-7-21)31(37)36-29-24-13-19-12-20(15-24)16-25(29)14-19;1-19-8-6-7-11-24(19)33-29(35)22-16-17-25-26(18-22)32-27(31-25)20-12-14-21(15-13-20)28(34)30-23-9-4-2-3-5-10-23;1-17-7-14-25(29-16-17)33-27(34)20-10-8-19(9-11-20)26-30-23-13-12-21(15-24(23)31-26)28(35)32-22-6-4-3-5-18(22)2;1-18-7-5-6-10-23(18)32-28(34)21-15-16-24-25(17-21)31-26(30-24)19-11-13-20(14-12-19)27(33)29-22-8-3-2-4-9-22/h6-11,17-20,24-26,29H,2-5,12-16H2,1H3,(H,33,34)(H,35,38)(H,36,37);12-19,23-24H,2-11H2,1H3,(H,30,34)(H,31,32)(H,33,35);7-16,18,22H,3-6H2,1-2H3,(H,30,31)(H,32,35)(H,29,33,34);11-18,22-23H,2-10H2,1H3,(H,29,33)(H,30,31)(H,32,34). The van der Waals surface area contributed by atoms with E-state index in [1.165, 1.54) is 148 Å². The Morgan fingerprint density at radius 1 is 0.268 bits per heavy atom. The molecule has 5 aromatic heterocycles. The summed E-state index contributed by atoms with van der Waals surface area (Å²) in [6.45, 7) is 10.8. The molecular weight excluding hydrogens is 1770 g/mol. The molecule has 5 heterocycles. The summed E-state index contributed by atoms with van der Waals surface area (Å²) in [5, 5.41) is 25.5. The van der Waals surface area contributed by atoms with Crippen molar-refractivity contribution in [3.05, 3.63) is 238 Å². The molecule has 4 bridgehead atoms. The number of carbonyl (C=O) groups excluding carboxylic acids is 8. The number of aromatic amines is 4. The molecule has 23 rings (SSSR count). The fraction of sp³-hybridized carbons (Fsp3) is 0.444. The summed E-state index contributed by atoms with van der Waals surface area (Å²) >= 11 is 0. The van der Waals surface area contributed by atoms with Crippen LogP contribution in [-0.4, -0.2) is 134 Å². The number of pyridine rings is 1. The normalized spacial score (nSPS) is 23.3. The van der Waals surface area contributed by atoms with Crippen molar-refractivity contribution in [2.45, 2.75) is 282 Å². The van der Waals surface area contributed by atoms with Crippen LogP contribution in [0.1, 0.15) is 322 Å². The van der Waals surface area contributed by atoms with Gasteiger partial charge in [-0.3, -0.25) is 38.4 Å². The Labute approximate surface area is 831 Å². The molecule has 738 valence electrons. The van der Waals surface area contributed by atoms with Crippen molar-refractivity contribution in [3.63, 3.8) is 0 Å². The molecule has 0 radical (unpaired) electrons. The number of imidazole rings is 4. The van der Waals surface area contributed by atoms with Crippen LogP contribution in [0, 0.1) is 54.3 Å². The molecular formula is C117H137N17O8. The lowest BCUT2D eigenvalue weighted by Gasteiger charge is -2.54. The van der Waals surface area contributed by atoms with Gasteiger partial charge in [0.1, 0.15) is 29.1 Å². The maximum atomic E-state index is 13.1. The van der Waals surface area contributed by atoms with E-state index in [9.17, 15) is 38.4 Å². The van der Waals surface area contributed by atoms with E-state index in [0.29, 0.717) is 104 Å². The molecule has 142 heavy (non-hydrogen) atoms. The molecule has 8 unspecified atom stereocenters. The van der Waals surface area contributed by atoms with Crippen molar-refractivity contribution < 1.29 is 38.4 Å². The van der Waals surface area contributed by atoms with Gasteiger partial charge in [-0.15, -0.1) is 0 Å². The van der Waals surface area contributed by atoms with E-state index in [1.54, 1.807) is 24.4 Å². The molecule has 10 saturated carbocycles. The highest BCUT2D eigenvalue weighted by atomic mass is 16.2. The molecule has 0 saturated heterocycles. The number of hydrogen-bond acceptors (Lipinski definition) is 13. The predicted molar refractivity (Wildman–Crippen MR) is 560 cm³/mol. The fourth-order valence-corrected chi connectivity index (χ4v) is 23.7. The van der Waals surface area contributed by atoms with Gasteiger partial charge in [0.25, 0.3) is 47.3 Å². The first-order valence-corrected chi connectivity index (χ1v) is 52.9. The number of H-pyrrole nitrogens is 4. The minimum atomic E-state index is -0.222. The fourth-order valence-electron chi connectivity index (χ4n) is 23.7. The maximum absolute atomic E-state index is 13.1. The van der Waals surface area contributed by atoms with Crippen LogP contribution in [0.5, 0.6) is 0 Å². The van der Waals surface area contributed by atoms with Crippen molar-refractivity contribution in [1.29, 1.82) is 0 Å².